The molecular weight excluding hydrogens is 384 g/mol. The second kappa shape index (κ2) is 9.77. The molecule has 1 aromatic carbocycles. The standard InChI is InChI=1S/C24H34O4S/c1-7-8-9-18(20-13-16(3)22(29-20)23(26)27)17-10-11-19(15(2)12-17)28-14-21(25)24(4,5)6/h10-13,18,21,25H,7-9,14H2,1-6H3,(H,26,27). The molecule has 2 unspecified atom stereocenters. The summed E-state index contributed by atoms with van der Waals surface area (Å²) in [6.45, 7) is 12.3. The van der Waals surface area contributed by atoms with Gasteiger partial charge in [-0.15, -0.1) is 11.3 Å². The molecule has 4 nitrogen and oxygen atoms in total. The van der Waals surface area contributed by atoms with Crippen LogP contribution in [0.2, 0.25) is 0 Å². The average molecular weight is 419 g/mol. The predicted molar refractivity (Wildman–Crippen MR) is 120 cm³/mol. The molecule has 5 heteroatoms. The van der Waals surface area contributed by atoms with E-state index in [0.717, 1.165) is 41.0 Å². The van der Waals surface area contributed by atoms with Crippen LogP contribution in [0.25, 0.3) is 0 Å². The molecule has 2 atom stereocenters. The molecule has 0 aliphatic heterocycles. The normalized spacial score (nSPS) is 13.9. The molecule has 1 aromatic heterocycles. The zero-order valence-electron chi connectivity index (χ0n) is 18.4. The minimum absolute atomic E-state index is 0.180. The lowest BCUT2D eigenvalue weighted by molar-refractivity contribution is 0.0216. The summed E-state index contributed by atoms with van der Waals surface area (Å²) >= 11 is 1.38. The molecule has 29 heavy (non-hydrogen) atoms. The summed E-state index contributed by atoms with van der Waals surface area (Å²) in [7, 11) is 0. The van der Waals surface area contributed by atoms with Gasteiger partial charge in [0.15, 0.2) is 0 Å². The van der Waals surface area contributed by atoms with Crippen LogP contribution in [0.5, 0.6) is 5.75 Å². The van der Waals surface area contributed by atoms with E-state index in [1.807, 2.05) is 46.8 Å². The van der Waals surface area contributed by atoms with Crippen LogP contribution in [0.3, 0.4) is 0 Å². The van der Waals surface area contributed by atoms with Gasteiger partial charge in [0, 0.05) is 10.8 Å². The van der Waals surface area contributed by atoms with Crippen molar-refractivity contribution in [3.8, 4) is 5.75 Å². The zero-order chi connectivity index (χ0) is 21.8. The molecule has 0 radical (unpaired) electrons. The summed E-state index contributed by atoms with van der Waals surface area (Å²) < 4.78 is 5.88. The molecule has 2 rings (SSSR count). The Morgan fingerprint density at radius 3 is 2.38 bits per heavy atom. The molecule has 0 bridgehead atoms. The third-order valence-corrected chi connectivity index (χ3v) is 6.66. The number of carboxylic acid groups (broad SMARTS) is 1. The van der Waals surface area contributed by atoms with E-state index in [2.05, 4.69) is 19.1 Å². The van der Waals surface area contributed by atoms with E-state index >= 15 is 0 Å². The fourth-order valence-electron chi connectivity index (χ4n) is 3.24. The van der Waals surface area contributed by atoms with Gasteiger partial charge in [0.1, 0.15) is 17.2 Å². The summed E-state index contributed by atoms with van der Waals surface area (Å²) in [4.78, 5) is 13.0. The topological polar surface area (TPSA) is 66.8 Å². The van der Waals surface area contributed by atoms with E-state index in [-0.39, 0.29) is 17.9 Å². The van der Waals surface area contributed by atoms with Crippen LogP contribution in [-0.4, -0.2) is 28.9 Å². The quantitative estimate of drug-likeness (QED) is 0.511. The van der Waals surface area contributed by atoms with Gasteiger partial charge in [-0.25, -0.2) is 4.79 Å². The van der Waals surface area contributed by atoms with Crippen molar-refractivity contribution in [2.24, 2.45) is 5.41 Å². The van der Waals surface area contributed by atoms with Gasteiger partial charge in [-0.2, -0.15) is 0 Å². The van der Waals surface area contributed by atoms with E-state index < -0.39 is 12.1 Å². The number of hydrogen-bond donors (Lipinski definition) is 2. The number of aromatic carboxylic acids is 1. The maximum atomic E-state index is 11.5. The molecule has 0 amide bonds. The SMILES string of the molecule is CCCCC(c1ccc(OCC(O)C(C)(C)C)c(C)c1)c1cc(C)c(C(=O)O)s1. The van der Waals surface area contributed by atoms with Crippen LogP contribution in [0.15, 0.2) is 24.3 Å². The highest BCUT2D eigenvalue weighted by molar-refractivity contribution is 7.14. The molecule has 0 saturated carbocycles. The first-order valence-corrected chi connectivity index (χ1v) is 11.1. The number of carboxylic acids is 1. The van der Waals surface area contributed by atoms with Crippen molar-refractivity contribution in [2.45, 2.75) is 72.8 Å². The number of aliphatic hydroxyl groups excluding tert-OH is 1. The zero-order valence-corrected chi connectivity index (χ0v) is 19.2. The first kappa shape index (κ1) is 23.4. The van der Waals surface area contributed by atoms with Crippen molar-refractivity contribution in [2.75, 3.05) is 6.61 Å². The third kappa shape index (κ3) is 6.06. The van der Waals surface area contributed by atoms with Gasteiger partial charge in [-0.05, 0) is 54.5 Å². The number of ether oxygens (including phenoxy) is 1. The number of benzene rings is 1. The Kier molecular flexibility index (Phi) is 7.89. The minimum Gasteiger partial charge on any atom is -0.491 e. The Morgan fingerprint density at radius 1 is 1.17 bits per heavy atom. The van der Waals surface area contributed by atoms with E-state index in [1.165, 1.54) is 16.9 Å². The summed E-state index contributed by atoms with van der Waals surface area (Å²) in [6, 6.07) is 8.20. The Balaban J connectivity index is 2.27. The van der Waals surface area contributed by atoms with Gasteiger partial charge < -0.3 is 14.9 Å². The van der Waals surface area contributed by atoms with Crippen molar-refractivity contribution >= 4 is 17.3 Å². The second-order valence-electron chi connectivity index (χ2n) is 8.88. The van der Waals surface area contributed by atoms with Gasteiger partial charge in [0.2, 0.25) is 0 Å². The lowest BCUT2D eigenvalue weighted by atomic mass is 9.89. The molecule has 2 aromatic rings. The molecule has 1 heterocycles. The Labute approximate surface area is 178 Å². The van der Waals surface area contributed by atoms with E-state index in [9.17, 15) is 15.0 Å². The fourth-order valence-corrected chi connectivity index (χ4v) is 4.42. The number of aliphatic hydroxyl groups is 1. The molecule has 0 aliphatic carbocycles. The van der Waals surface area contributed by atoms with E-state index in [4.69, 9.17) is 4.74 Å². The first-order chi connectivity index (χ1) is 13.5. The molecule has 160 valence electrons. The predicted octanol–water partition coefficient (Wildman–Crippen LogP) is 6.17. The van der Waals surface area contributed by atoms with Crippen molar-refractivity contribution in [1.82, 2.24) is 0 Å². The van der Waals surface area contributed by atoms with Crippen LogP contribution in [0, 0.1) is 19.3 Å². The highest BCUT2D eigenvalue weighted by atomic mass is 32.1. The molecular formula is C24H34O4S. The lowest BCUT2D eigenvalue weighted by Crippen LogP contribution is -2.32. The highest BCUT2D eigenvalue weighted by Gasteiger charge is 2.24. The molecule has 0 saturated heterocycles. The van der Waals surface area contributed by atoms with Crippen LogP contribution >= 0.6 is 11.3 Å². The monoisotopic (exact) mass is 418 g/mol. The largest absolute Gasteiger partial charge is 0.491 e. The van der Waals surface area contributed by atoms with Gasteiger partial charge in [0.05, 0.1) is 6.10 Å². The third-order valence-electron chi connectivity index (χ3n) is 5.32. The van der Waals surface area contributed by atoms with Crippen molar-refractivity contribution in [3.63, 3.8) is 0 Å². The van der Waals surface area contributed by atoms with Crippen LogP contribution < -0.4 is 4.74 Å². The van der Waals surface area contributed by atoms with Crippen molar-refractivity contribution in [1.29, 1.82) is 0 Å². The summed E-state index contributed by atoms with van der Waals surface area (Å²) in [5.74, 6) is 0.102. The number of carbonyl (C=O) groups is 1. The minimum atomic E-state index is -0.856. The van der Waals surface area contributed by atoms with Gasteiger partial charge in [-0.1, -0.05) is 52.7 Å². The van der Waals surface area contributed by atoms with Crippen LogP contribution in [-0.2, 0) is 0 Å². The first-order valence-electron chi connectivity index (χ1n) is 10.3. The second-order valence-corrected chi connectivity index (χ2v) is 9.96. The van der Waals surface area contributed by atoms with Crippen LogP contribution in [0.1, 0.15) is 84.1 Å². The fraction of sp³-hybridized carbons (Fsp3) is 0.542. The highest BCUT2D eigenvalue weighted by Crippen LogP contribution is 2.37. The van der Waals surface area contributed by atoms with Crippen molar-refractivity contribution in [3.05, 3.63) is 50.7 Å². The summed E-state index contributed by atoms with van der Waals surface area (Å²) in [6.07, 6.45) is 2.62. The Bertz CT molecular complexity index is 832. The Hall–Kier alpha value is -1.85. The van der Waals surface area contributed by atoms with Gasteiger partial charge in [0.25, 0.3) is 0 Å². The Morgan fingerprint density at radius 2 is 1.86 bits per heavy atom. The number of unbranched alkanes of at least 4 members (excludes halogenated alkanes) is 1. The molecule has 2 N–H and O–H groups in total. The number of thiophene rings is 1. The maximum Gasteiger partial charge on any atom is 0.346 e. The number of aryl methyl sites for hydroxylation is 2. The maximum absolute atomic E-state index is 11.5. The van der Waals surface area contributed by atoms with E-state index in [1.54, 1.807) is 0 Å². The van der Waals surface area contributed by atoms with Gasteiger partial charge in [-0.3, -0.25) is 0 Å². The molecule has 0 aliphatic rings. The number of hydrogen-bond acceptors (Lipinski definition) is 4. The van der Waals surface area contributed by atoms with E-state index in [0.29, 0.717) is 4.88 Å². The molecule has 0 fully saturated rings. The smallest absolute Gasteiger partial charge is 0.346 e. The average Bonchev–Trinajstić information content (AvgIpc) is 3.02. The lowest BCUT2D eigenvalue weighted by Gasteiger charge is -2.26. The van der Waals surface area contributed by atoms with Gasteiger partial charge >= 0.3 is 5.97 Å². The van der Waals surface area contributed by atoms with Crippen LogP contribution in [0.4, 0.5) is 0 Å². The molecule has 0 spiro atoms. The van der Waals surface area contributed by atoms with Crippen molar-refractivity contribution < 1.29 is 19.7 Å². The summed E-state index contributed by atoms with van der Waals surface area (Å²) in [5.41, 5.74) is 2.80. The summed E-state index contributed by atoms with van der Waals surface area (Å²) in [5, 5.41) is 19.7. The number of rotatable bonds is 9.